The SMILES string of the molecule is CCCC(=C(CCC)c1ccc2cc(N(c3ccccc3)c3ccccc3)c3ccccc3c2c1)c1ccc2c(Oc3ccccc3)c3ccccc3c(Oc3ccccc3)c2c1. The summed E-state index contributed by atoms with van der Waals surface area (Å²) in [6, 6.07) is 75.2. The zero-order chi connectivity index (χ0) is 42.5. The molecule has 306 valence electrons. The third-order valence-electron chi connectivity index (χ3n) is 12.0. The minimum absolute atomic E-state index is 0.796. The van der Waals surface area contributed by atoms with E-state index in [1.807, 2.05) is 60.7 Å². The van der Waals surface area contributed by atoms with E-state index in [4.69, 9.17) is 9.47 Å². The summed E-state index contributed by atoms with van der Waals surface area (Å²) in [7, 11) is 0. The molecule has 0 saturated carbocycles. The maximum Gasteiger partial charge on any atom is 0.143 e. The van der Waals surface area contributed by atoms with Crippen molar-refractivity contribution in [3.05, 3.63) is 223 Å². The molecule has 3 nitrogen and oxygen atoms in total. The van der Waals surface area contributed by atoms with Crippen molar-refractivity contribution in [2.45, 2.75) is 39.5 Å². The molecule has 0 spiro atoms. The van der Waals surface area contributed by atoms with Crippen LogP contribution in [0.25, 0.3) is 54.2 Å². The highest BCUT2D eigenvalue weighted by Crippen LogP contribution is 2.48. The second-order valence-corrected chi connectivity index (χ2v) is 16.1. The highest BCUT2D eigenvalue weighted by molar-refractivity contribution is 6.16. The molecule has 0 amide bonds. The molecular formula is C60H49NO2. The van der Waals surface area contributed by atoms with Gasteiger partial charge in [0.1, 0.15) is 23.0 Å². The topological polar surface area (TPSA) is 21.7 Å². The van der Waals surface area contributed by atoms with Crippen LogP contribution in [0.2, 0.25) is 0 Å². The smallest absolute Gasteiger partial charge is 0.143 e. The van der Waals surface area contributed by atoms with Crippen LogP contribution in [0.5, 0.6) is 23.0 Å². The van der Waals surface area contributed by atoms with Gasteiger partial charge in [0.15, 0.2) is 0 Å². The fourth-order valence-electron chi connectivity index (χ4n) is 9.19. The minimum atomic E-state index is 0.796. The van der Waals surface area contributed by atoms with Crippen LogP contribution in [-0.2, 0) is 0 Å². The number of ether oxygens (including phenoxy) is 2. The van der Waals surface area contributed by atoms with Gasteiger partial charge in [-0.3, -0.25) is 0 Å². The number of para-hydroxylation sites is 4. The minimum Gasteiger partial charge on any atom is -0.456 e. The lowest BCUT2D eigenvalue weighted by Crippen LogP contribution is -2.10. The van der Waals surface area contributed by atoms with Gasteiger partial charge in [-0.15, -0.1) is 0 Å². The molecular weight excluding hydrogens is 767 g/mol. The van der Waals surface area contributed by atoms with Crippen molar-refractivity contribution in [2.75, 3.05) is 4.90 Å². The molecule has 10 rings (SSSR count). The number of allylic oxidation sites excluding steroid dienone is 2. The van der Waals surface area contributed by atoms with E-state index in [1.54, 1.807) is 0 Å². The van der Waals surface area contributed by atoms with Crippen LogP contribution < -0.4 is 14.4 Å². The van der Waals surface area contributed by atoms with Gasteiger partial charge >= 0.3 is 0 Å². The van der Waals surface area contributed by atoms with Gasteiger partial charge in [0.05, 0.1) is 5.69 Å². The summed E-state index contributed by atoms with van der Waals surface area (Å²) in [6.45, 7) is 4.58. The quantitative estimate of drug-likeness (QED) is 0.0657. The summed E-state index contributed by atoms with van der Waals surface area (Å²) in [6.07, 6.45) is 3.94. The molecule has 10 aromatic carbocycles. The molecule has 0 heterocycles. The fraction of sp³-hybridized carbons (Fsp3) is 0.100. The predicted octanol–water partition coefficient (Wildman–Crippen LogP) is 17.9. The average molecular weight is 816 g/mol. The van der Waals surface area contributed by atoms with E-state index >= 15 is 0 Å². The van der Waals surface area contributed by atoms with Crippen LogP contribution in [0, 0.1) is 0 Å². The van der Waals surface area contributed by atoms with E-state index in [-0.39, 0.29) is 0 Å². The van der Waals surface area contributed by atoms with Gasteiger partial charge in [0.2, 0.25) is 0 Å². The van der Waals surface area contributed by atoms with E-state index in [1.165, 1.54) is 43.8 Å². The summed E-state index contributed by atoms with van der Waals surface area (Å²) in [4.78, 5) is 2.38. The van der Waals surface area contributed by atoms with E-state index in [9.17, 15) is 0 Å². The third kappa shape index (κ3) is 7.79. The predicted molar refractivity (Wildman–Crippen MR) is 267 cm³/mol. The van der Waals surface area contributed by atoms with Crippen LogP contribution in [0.3, 0.4) is 0 Å². The summed E-state index contributed by atoms with van der Waals surface area (Å²) in [5.74, 6) is 3.25. The highest BCUT2D eigenvalue weighted by Gasteiger charge is 2.22. The van der Waals surface area contributed by atoms with Gasteiger partial charge in [-0.1, -0.05) is 166 Å². The third-order valence-corrected chi connectivity index (χ3v) is 12.0. The Labute approximate surface area is 370 Å². The molecule has 0 aliphatic carbocycles. The number of anilines is 3. The number of hydrogen-bond acceptors (Lipinski definition) is 3. The van der Waals surface area contributed by atoms with Gasteiger partial charge < -0.3 is 14.4 Å². The molecule has 0 unspecified atom stereocenters. The number of hydrogen-bond donors (Lipinski definition) is 0. The van der Waals surface area contributed by atoms with Crippen molar-refractivity contribution >= 4 is 71.3 Å². The van der Waals surface area contributed by atoms with Gasteiger partial charge in [-0.25, -0.2) is 0 Å². The molecule has 0 radical (unpaired) electrons. The maximum atomic E-state index is 6.89. The zero-order valence-electron chi connectivity index (χ0n) is 35.8. The zero-order valence-corrected chi connectivity index (χ0v) is 35.8. The Morgan fingerprint density at radius 2 is 0.778 bits per heavy atom. The molecule has 10 aromatic rings. The number of rotatable bonds is 13. The van der Waals surface area contributed by atoms with E-state index in [0.717, 1.165) is 87.3 Å². The Balaban J connectivity index is 1.17. The maximum absolute atomic E-state index is 6.89. The van der Waals surface area contributed by atoms with E-state index in [2.05, 4.69) is 170 Å². The lowest BCUT2D eigenvalue weighted by atomic mass is 9.86. The number of benzene rings is 10. The van der Waals surface area contributed by atoms with Gasteiger partial charge in [-0.2, -0.15) is 0 Å². The second kappa shape index (κ2) is 17.8. The van der Waals surface area contributed by atoms with Crippen molar-refractivity contribution in [3.8, 4) is 23.0 Å². The van der Waals surface area contributed by atoms with Gasteiger partial charge in [-0.05, 0) is 124 Å². The molecule has 0 aliphatic rings. The Morgan fingerprint density at radius 1 is 0.365 bits per heavy atom. The van der Waals surface area contributed by atoms with Crippen LogP contribution >= 0.6 is 0 Å². The first-order chi connectivity index (χ1) is 31.2. The molecule has 3 heteroatoms. The Hall–Kier alpha value is -7.62. The monoisotopic (exact) mass is 815 g/mol. The molecule has 0 bridgehead atoms. The van der Waals surface area contributed by atoms with Crippen molar-refractivity contribution in [1.82, 2.24) is 0 Å². The number of fused-ring (bicyclic) bond motifs is 5. The van der Waals surface area contributed by atoms with Crippen LogP contribution in [0.15, 0.2) is 212 Å². The van der Waals surface area contributed by atoms with Crippen molar-refractivity contribution in [1.29, 1.82) is 0 Å². The van der Waals surface area contributed by atoms with E-state index in [0.29, 0.717) is 0 Å². The Bertz CT molecular complexity index is 3190. The average Bonchev–Trinajstić information content (AvgIpc) is 3.35. The molecule has 0 saturated heterocycles. The molecule has 0 fully saturated rings. The van der Waals surface area contributed by atoms with E-state index < -0.39 is 0 Å². The molecule has 0 N–H and O–H groups in total. The summed E-state index contributed by atoms with van der Waals surface area (Å²) in [5, 5.41) is 8.95. The van der Waals surface area contributed by atoms with Crippen molar-refractivity contribution in [2.24, 2.45) is 0 Å². The Kier molecular flexibility index (Phi) is 11.1. The van der Waals surface area contributed by atoms with Gasteiger partial charge in [0.25, 0.3) is 0 Å². The van der Waals surface area contributed by atoms with Crippen LogP contribution in [0.4, 0.5) is 17.1 Å². The van der Waals surface area contributed by atoms with Crippen molar-refractivity contribution < 1.29 is 9.47 Å². The fourth-order valence-corrected chi connectivity index (χ4v) is 9.19. The summed E-state index contributed by atoms with van der Waals surface area (Å²) < 4.78 is 13.7. The first kappa shape index (κ1) is 39.5. The summed E-state index contributed by atoms with van der Waals surface area (Å²) >= 11 is 0. The summed E-state index contributed by atoms with van der Waals surface area (Å²) in [5.41, 5.74) is 8.63. The van der Waals surface area contributed by atoms with Crippen LogP contribution in [-0.4, -0.2) is 0 Å². The number of nitrogens with zero attached hydrogens (tertiary/aromatic N) is 1. The van der Waals surface area contributed by atoms with Crippen LogP contribution in [0.1, 0.15) is 50.7 Å². The molecule has 63 heavy (non-hydrogen) atoms. The second-order valence-electron chi connectivity index (χ2n) is 16.1. The first-order valence-corrected chi connectivity index (χ1v) is 22.2. The highest BCUT2D eigenvalue weighted by atomic mass is 16.5. The molecule has 0 aliphatic heterocycles. The molecule has 0 atom stereocenters. The normalized spacial score (nSPS) is 11.8. The first-order valence-electron chi connectivity index (χ1n) is 22.2. The lowest BCUT2D eigenvalue weighted by molar-refractivity contribution is 0.486. The lowest BCUT2D eigenvalue weighted by Gasteiger charge is -2.27. The molecule has 0 aromatic heterocycles. The largest absolute Gasteiger partial charge is 0.456 e. The van der Waals surface area contributed by atoms with Gasteiger partial charge in [0, 0.05) is 38.3 Å². The van der Waals surface area contributed by atoms with Crippen molar-refractivity contribution in [3.63, 3.8) is 0 Å². The Morgan fingerprint density at radius 3 is 1.30 bits per heavy atom. The standard InChI is InChI=1S/C60H49NO2/c1-3-21-49(42-35-36-44-41-58(52-32-18-17-31-51(52)56(44)39-42)61(45-23-9-5-10-24-45)46-25-11-6-12-26-46)50(22-4-2)43-37-38-55-57(40-43)60(63-48-29-15-8-16-30-48)54-34-20-19-33-53(54)59(55)62-47-27-13-7-14-28-47/h5-20,23-41H,3-4,21-22H2,1-2H3.